The molecule has 0 aromatic carbocycles. The molecule has 0 bridgehead atoms. The third-order valence-electron chi connectivity index (χ3n) is 2.61. The maximum absolute atomic E-state index is 11.5. The van der Waals surface area contributed by atoms with Gasteiger partial charge in [-0.3, -0.25) is 20.4 Å². The van der Waals surface area contributed by atoms with Crippen LogP contribution in [0.2, 0.25) is 0 Å². The van der Waals surface area contributed by atoms with E-state index in [4.69, 9.17) is 5.11 Å². The normalized spacial score (nSPS) is 13.9. The highest BCUT2D eigenvalue weighted by Gasteiger charge is 2.34. The summed E-state index contributed by atoms with van der Waals surface area (Å²) < 4.78 is 1.26. The van der Waals surface area contributed by atoms with Crippen molar-refractivity contribution in [2.45, 2.75) is 32.2 Å². The summed E-state index contributed by atoms with van der Waals surface area (Å²) in [5.74, 6) is -1.97. The Morgan fingerprint density at radius 2 is 2.05 bits per heavy atom. The van der Waals surface area contributed by atoms with Gasteiger partial charge in [0.25, 0.3) is 5.91 Å². The topological polar surface area (TPSA) is 126 Å². The number of nitrogens with one attached hydrogen (secondary N) is 2. The molecule has 0 aliphatic heterocycles. The molecular formula is C10H13N5O4. The van der Waals surface area contributed by atoms with Crippen molar-refractivity contribution in [3.05, 3.63) is 11.4 Å². The Hall–Kier alpha value is -2.45. The van der Waals surface area contributed by atoms with E-state index in [9.17, 15) is 14.4 Å². The van der Waals surface area contributed by atoms with Crippen molar-refractivity contribution in [1.29, 1.82) is 0 Å². The van der Waals surface area contributed by atoms with E-state index in [1.165, 1.54) is 11.6 Å². The molecular weight excluding hydrogens is 254 g/mol. The van der Waals surface area contributed by atoms with E-state index in [2.05, 4.69) is 21.2 Å². The lowest BCUT2D eigenvalue weighted by atomic mass is 10.2. The van der Waals surface area contributed by atoms with Gasteiger partial charge in [-0.25, -0.2) is 9.48 Å². The van der Waals surface area contributed by atoms with Crippen LogP contribution in [0, 0.1) is 0 Å². The van der Waals surface area contributed by atoms with Crippen LogP contribution in [0.25, 0.3) is 0 Å². The van der Waals surface area contributed by atoms with E-state index in [-0.39, 0.29) is 18.2 Å². The first kappa shape index (κ1) is 13.0. The molecule has 0 spiro atoms. The molecule has 0 atom stereocenters. The predicted molar refractivity (Wildman–Crippen MR) is 60.9 cm³/mol. The number of amides is 2. The van der Waals surface area contributed by atoms with Gasteiger partial charge in [0.1, 0.15) is 6.54 Å². The number of carboxylic acid groups (broad SMARTS) is 1. The standard InChI is InChI=1S/C10H13N5O4/c1-5(16)11-12-7(17)4-15-9(6-2-3-6)8(10(18)19)13-14-15/h6H,2-4H2,1H3,(H,11,16)(H,12,17)(H,18,19). The van der Waals surface area contributed by atoms with Crippen LogP contribution in [0.3, 0.4) is 0 Å². The van der Waals surface area contributed by atoms with Crippen LogP contribution < -0.4 is 10.9 Å². The fraction of sp³-hybridized carbons (Fsp3) is 0.500. The van der Waals surface area contributed by atoms with Gasteiger partial charge in [0.05, 0.1) is 5.69 Å². The number of nitrogens with zero attached hydrogens (tertiary/aromatic N) is 3. The van der Waals surface area contributed by atoms with Crippen LogP contribution in [0.15, 0.2) is 0 Å². The molecule has 0 unspecified atom stereocenters. The maximum Gasteiger partial charge on any atom is 0.358 e. The van der Waals surface area contributed by atoms with Gasteiger partial charge < -0.3 is 5.11 Å². The van der Waals surface area contributed by atoms with Gasteiger partial charge in [-0.15, -0.1) is 5.10 Å². The number of carboxylic acids is 1. The highest BCUT2D eigenvalue weighted by atomic mass is 16.4. The van der Waals surface area contributed by atoms with Crippen molar-refractivity contribution >= 4 is 17.8 Å². The minimum atomic E-state index is -1.16. The third-order valence-corrected chi connectivity index (χ3v) is 2.61. The lowest BCUT2D eigenvalue weighted by Crippen LogP contribution is -2.42. The summed E-state index contributed by atoms with van der Waals surface area (Å²) in [6.45, 7) is 1.07. The smallest absolute Gasteiger partial charge is 0.358 e. The average Bonchev–Trinajstić information content (AvgIpc) is 3.08. The minimum Gasteiger partial charge on any atom is -0.476 e. The molecule has 2 amide bonds. The first-order chi connectivity index (χ1) is 8.99. The van der Waals surface area contributed by atoms with Crippen molar-refractivity contribution in [3.63, 3.8) is 0 Å². The van der Waals surface area contributed by atoms with Crippen molar-refractivity contribution in [1.82, 2.24) is 25.8 Å². The predicted octanol–water partition coefficient (Wildman–Crippen LogP) is -0.979. The number of carbonyl (C=O) groups is 3. The largest absolute Gasteiger partial charge is 0.476 e. The third kappa shape index (κ3) is 3.06. The summed E-state index contributed by atoms with van der Waals surface area (Å²) in [5, 5.41) is 16.2. The molecule has 1 aliphatic carbocycles. The molecule has 1 heterocycles. The molecule has 0 radical (unpaired) electrons. The number of aromatic nitrogens is 3. The zero-order valence-corrected chi connectivity index (χ0v) is 10.2. The van der Waals surface area contributed by atoms with E-state index >= 15 is 0 Å². The van der Waals surface area contributed by atoms with Gasteiger partial charge in [-0.1, -0.05) is 5.21 Å². The molecule has 9 nitrogen and oxygen atoms in total. The lowest BCUT2D eigenvalue weighted by molar-refractivity contribution is -0.128. The monoisotopic (exact) mass is 267 g/mol. The molecule has 19 heavy (non-hydrogen) atoms. The summed E-state index contributed by atoms with van der Waals surface area (Å²) in [5.41, 5.74) is 4.67. The number of aromatic carboxylic acids is 1. The van der Waals surface area contributed by atoms with E-state index in [0.717, 1.165) is 12.8 Å². The second kappa shape index (κ2) is 5.04. The van der Waals surface area contributed by atoms with Crippen LogP contribution >= 0.6 is 0 Å². The fourth-order valence-electron chi connectivity index (χ4n) is 1.68. The second-order valence-electron chi connectivity index (χ2n) is 4.29. The van der Waals surface area contributed by atoms with Gasteiger partial charge in [0.2, 0.25) is 5.91 Å². The Morgan fingerprint density at radius 1 is 1.37 bits per heavy atom. The summed E-state index contributed by atoms with van der Waals surface area (Å²) in [4.78, 5) is 33.2. The molecule has 1 aliphatic rings. The fourth-order valence-corrected chi connectivity index (χ4v) is 1.68. The van der Waals surface area contributed by atoms with Crippen molar-refractivity contribution < 1.29 is 19.5 Å². The summed E-state index contributed by atoms with van der Waals surface area (Å²) in [6.07, 6.45) is 1.72. The zero-order valence-electron chi connectivity index (χ0n) is 10.2. The number of hydrogen-bond acceptors (Lipinski definition) is 5. The van der Waals surface area contributed by atoms with Crippen LogP contribution in [-0.2, 0) is 16.1 Å². The summed E-state index contributed by atoms with van der Waals surface area (Å²) >= 11 is 0. The van der Waals surface area contributed by atoms with Crippen LogP contribution in [0.5, 0.6) is 0 Å². The first-order valence-corrected chi connectivity index (χ1v) is 5.71. The van der Waals surface area contributed by atoms with E-state index in [0.29, 0.717) is 5.69 Å². The molecule has 9 heteroatoms. The molecule has 3 N–H and O–H groups in total. The second-order valence-corrected chi connectivity index (χ2v) is 4.29. The molecule has 1 saturated carbocycles. The number of rotatable bonds is 4. The van der Waals surface area contributed by atoms with Gasteiger partial charge in [0, 0.05) is 12.8 Å². The Bertz CT molecular complexity index is 534. The maximum atomic E-state index is 11.5. The zero-order chi connectivity index (χ0) is 14.0. The average molecular weight is 267 g/mol. The molecule has 2 rings (SSSR count). The van der Waals surface area contributed by atoms with Crippen molar-refractivity contribution in [2.24, 2.45) is 0 Å². The molecule has 0 saturated heterocycles. The Kier molecular flexibility index (Phi) is 3.45. The van der Waals surface area contributed by atoms with Crippen molar-refractivity contribution in [3.8, 4) is 0 Å². The SMILES string of the molecule is CC(=O)NNC(=O)Cn1nnc(C(=O)O)c1C1CC1. The van der Waals surface area contributed by atoms with Crippen LogP contribution in [-0.4, -0.2) is 37.9 Å². The summed E-state index contributed by atoms with van der Waals surface area (Å²) in [7, 11) is 0. The number of hydrazine groups is 1. The van der Waals surface area contributed by atoms with Gasteiger partial charge in [-0.05, 0) is 12.8 Å². The lowest BCUT2D eigenvalue weighted by Gasteiger charge is -2.07. The van der Waals surface area contributed by atoms with E-state index < -0.39 is 17.8 Å². The first-order valence-electron chi connectivity index (χ1n) is 5.71. The number of hydrogen-bond donors (Lipinski definition) is 3. The quantitative estimate of drug-likeness (QED) is 0.602. The van der Waals surface area contributed by atoms with Crippen LogP contribution in [0.1, 0.15) is 41.9 Å². The van der Waals surface area contributed by atoms with Crippen LogP contribution in [0.4, 0.5) is 0 Å². The van der Waals surface area contributed by atoms with Gasteiger partial charge in [0.15, 0.2) is 5.69 Å². The number of carbonyl (C=O) groups excluding carboxylic acids is 2. The van der Waals surface area contributed by atoms with E-state index in [1.807, 2.05) is 0 Å². The molecule has 1 aromatic heterocycles. The van der Waals surface area contributed by atoms with Crippen molar-refractivity contribution in [2.75, 3.05) is 0 Å². The van der Waals surface area contributed by atoms with E-state index in [1.54, 1.807) is 0 Å². The Labute approximate surface area is 107 Å². The highest BCUT2D eigenvalue weighted by Crippen LogP contribution is 2.41. The summed E-state index contributed by atoms with van der Waals surface area (Å²) in [6, 6.07) is 0. The highest BCUT2D eigenvalue weighted by molar-refractivity contribution is 5.87. The van der Waals surface area contributed by atoms with Gasteiger partial charge >= 0.3 is 5.97 Å². The van der Waals surface area contributed by atoms with Gasteiger partial charge in [-0.2, -0.15) is 0 Å². The Balaban J connectivity index is 2.10. The Morgan fingerprint density at radius 3 is 2.58 bits per heavy atom. The molecule has 1 aromatic rings. The molecule has 102 valence electrons. The minimum absolute atomic E-state index is 0.0923. The molecule has 1 fully saturated rings.